The van der Waals surface area contributed by atoms with Crippen molar-refractivity contribution in [1.29, 1.82) is 0 Å². The van der Waals surface area contributed by atoms with E-state index in [0.29, 0.717) is 0 Å². The molecule has 1 aliphatic heterocycles. The lowest BCUT2D eigenvalue weighted by molar-refractivity contribution is 0.585. The number of aromatic nitrogens is 1. The van der Waals surface area contributed by atoms with Crippen molar-refractivity contribution in [2.45, 2.75) is 0 Å². The Morgan fingerprint density at radius 3 is 2.71 bits per heavy atom. The van der Waals surface area contributed by atoms with Gasteiger partial charge in [-0.25, -0.2) is 4.98 Å². The second-order valence-corrected chi connectivity index (χ2v) is 4.36. The maximum atomic E-state index is 5.79. The summed E-state index contributed by atoms with van der Waals surface area (Å²) < 4.78 is 0. The van der Waals surface area contributed by atoms with Crippen LogP contribution >= 0.6 is 0 Å². The van der Waals surface area contributed by atoms with Crippen LogP contribution in [-0.2, 0) is 0 Å². The largest absolute Gasteiger partial charge is 0.399 e. The van der Waals surface area contributed by atoms with E-state index in [2.05, 4.69) is 27.3 Å². The van der Waals surface area contributed by atoms with Gasteiger partial charge in [0.1, 0.15) is 5.82 Å². The molecule has 1 aromatic carbocycles. The molecule has 3 rings (SSSR count). The zero-order chi connectivity index (χ0) is 11.7. The number of piperazine rings is 1. The van der Waals surface area contributed by atoms with Crippen LogP contribution in [-0.4, -0.2) is 31.2 Å². The van der Waals surface area contributed by atoms with E-state index in [0.717, 1.165) is 48.6 Å². The zero-order valence-electron chi connectivity index (χ0n) is 9.69. The van der Waals surface area contributed by atoms with Gasteiger partial charge in [-0.15, -0.1) is 0 Å². The molecular formula is C13H16N4. The van der Waals surface area contributed by atoms with Crippen molar-refractivity contribution < 1.29 is 0 Å². The Kier molecular flexibility index (Phi) is 2.57. The van der Waals surface area contributed by atoms with Gasteiger partial charge in [0.2, 0.25) is 0 Å². The molecule has 1 fully saturated rings. The van der Waals surface area contributed by atoms with Crippen LogP contribution in [0.4, 0.5) is 11.5 Å². The first-order valence-corrected chi connectivity index (χ1v) is 5.95. The van der Waals surface area contributed by atoms with Gasteiger partial charge in [-0.05, 0) is 24.3 Å². The average Bonchev–Trinajstić information content (AvgIpc) is 2.39. The first kappa shape index (κ1) is 10.4. The molecule has 1 saturated heterocycles. The summed E-state index contributed by atoms with van der Waals surface area (Å²) in [5.41, 5.74) is 7.53. The number of pyridine rings is 1. The number of anilines is 2. The van der Waals surface area contributed by atoms with E-state index in [1.165, 1.54) is 0 Å². The lowest BCUT2D eigenvalue weighted by Crippen LogP contribution is -2.43. The number of nitrogens with one attached hydrogen (secondary N) is 1. The van der Waals surface area contributed by atoms with Gasteiger partial charge in [-0.3, -0.25) is 0 Å². The normalized spacial score (nSPS) is 16.4. The predicted molar refractivity (Wildman–Crippen MR) is 71.2 cm³/mol. The lowest BCUT2D eigenvalue weighted by atomic mass is 10.2. The maximum Gasteiger partial charge on any atom is 0.129 e. The zero-order valence-corrected chi connectivity index (χ0v) is 9.69. The molecule has 4 nitrogen and oxygen atoms in total. The van der Waals surface area contributed by atoms with E-state index >= 15 is 0 Å². The van der Waals surface area contributed by atoms with Crippen molar-refractivity contribution in [3.05, 3.63) is 30.3 Å². The van der Waals surface area contributed by atoms with Crippen LogP contribution in [0.25, 0.3) is 10.9 Å². The molecule has 3 N–H and O–H groups in total. The van der Waals surface area contributed by atoms with E-state index in [9.17, 15) is 0 Å². The van der Waals surface area contributed by atoms with E-state index < -0.39 is 0 Å². The van der Waals surface area contributed by atoms with Gasteiger partial charge in [-0.1, -0.05) is 6.07 Å². The quantitative estimate of drug-likeness (QED) is 0.721. The molecular weight excluding hydrogens is 212 g/mol. The van der Waals surface area contributed by atoms with Gasteiger partial charge < -0.3 is 16.0 Å². The summed E-state index contributed by atoms with van der Waals surface area (Å²) in [7, 11) is 0. The molecule has 0 bridgehead atoms. The van der Waals surface area contributed by atoms with Crippen molar-refractivity contribution >= 4 is 22.4 Å². The first-order chi connectivity index (χ1) is 8.33. The Balaban J connectivity index is 1.99. The van der Waals surface area contributed by atoms with E-state index in [-0.39, 0.29) is 0 Å². The summed E-state index contributed by atoms with van der Waals surface area (Å²) in [5.74, 6) is 1.05. The number of rotatable bonds is 1. The number of hydrogen-bond acceptors (Lipinski definition) is 4. The number of benzene rings is 1. The van der Waals surface area contributed by atoms with Crippen LogP contribution in [0, 0.1) is 0 Å². The minimum atomic E-state index is 0.766. The summed E-state index contributed by atoms with van der Waals surface area (Å²) >= 11 is 0. The molecule has 0 unspecified atom stereocenters. The summed E-state index contributed by atoms with van der Waals surface area (Å²) in [6.07, 6.45) is 0. The molecule has 0 saturated carbocycles. The highest BCUT2D eigenvalue weighted by Gasteiger charge is 2.11. The van der Waals surface area contributed by atoms with Gasteiger partial charge in [-0.2, -0.15) is 0 Å². The molecule has 2 aromatic rings. The van der Waals surface area contributed by atoms with Crippen molar-refractivity contribution in [1.82, 2.24) is 10.3 Å². The Morgan fingerprint density at radius 1 is 1.12 bits per heavy atom. The molecule has 1 aliphatic rings. The van der Waals surface area contributed by atoms with Crippen LogP contribution in [0.3, 0.4) is 0 Å². The average molecular weight is 228 g/mol. The minimum absolute atomic E-state index is 0.766. The molecule has 0 amide bonds. The number of nitrogens with zero attached hydrogens (tertiary/aromatic N) is 2. The molecule has 0 aliphatic carbocycles. The maximum absolute atomic E-state index is 5.79. The molecule has 2 heterocycles. The fraction of sp³-hybridized carbons (Fsp3) is 0.308. The molecule has 4 heteroatoms. The summed E-state index contributed by atoms with van der Waals surface area (Å²) in [6, 6.07) is 10.1. The van der Waals surface area contributed by atoms with Gasteiger partial charge >= 0.3 is 0 Å². The smallest absolute Gasteiger partial charge is 0.129 e. The Morgan fingerprint density at radius 2 is 1.88 bits per heavy atom. The van der Waals surface area contributed by atoms with Crippen LogP contribution in [0.5, 0.6) is 0 Å². The van der Waals surface area contributed by atoms with Crippen LogP contribution < -0.4 is 16.0 Å². The second-order valence-electron chi connectivity index (χ2n) is 4.36. The Hall–Kier alpha value is -1.81. The highest BCUT2D eigenvalue weighted by Crippen LogP contribution is 2.20. The number of hydrogen-bond donors (Lipinski definition) is 2. The van der Waals surface area contributed by atoms with Crippen molar-refractivity contribution in [2.24, 2.45) is 0 Å². The highest BCUT2D eigenvalue weighted by molar-refractivity contribution is 5.83. The van der Waals surface area contributed by atoms with Crippen molar-refractivity contribution in [3.8, 4) is 0 Å². The van der Waals surface area contributed by atoms with E-state index in [1.807, 2.05) is 18.2 Å². The first-order valence-electron chi connectivity index (χ1n) is 5.95. The predicted octanol–water partition coefficient (Wildman–Crippen LogP) is 1.23. The standard InChI is InChI=1S/C13H16N4/c14-11-3-1-10-2-4-13(16-12(10)9-11)17-7-5-15-6-8-17/h1-4,9,15H,5-8,14H2. The third-order valence-electron chi connectivity index (χ3n) is 3.14. The highest BCUT2D eigenvalue weighted by atomic mass is 15.2. The molecule has 0 atom stereocenters. The molecule has 0 spiro atoms. The number of nitrogens with two attached hydrogens (primary N) is 1. The van der Waals surface area contributed by atoms with Gasteiger partial charge in [0, 0.05) is 37.3 Å². The molecule has 0 radical (unpaired) electrons. The van der Waals surface area contributed by atoms with Gasteiger partial charge in [0.05, 0.1) is 5.52 Å². The Bertz CT molecular complexity index is 532. The lowest BCUT2D eigenvalue weighted by Gasteiger charge is -2.28. The monoisotopic (exact) mass is 228 g/mol. The van der Waals surface area contributed by atoms with Crippen LogP contribution in [0.2, 0.25) is 0 Å². The fourth-order valence-electron chi connectivity index (χ4n) is 2.19. The molecule has 88 valence electrons. The molecule has 1 aromatic heterocycles. The van der Waals surface area contributed by atoms with Gasteiger partial charge in [0.15, 0.2) is 0 Å². The third-order valence-corrected chi connectivity index (χ3v) is 3.14. The second kappa shape index (κ2) is 4.22. The molecule has 17 heavy (non-hydrogen) atoms. The van der Waals surface area contributed by atoms with E-state index in [4.69, 9.17) is 5.73 Å². The fourth-order valence-corrected chi connectivity index (χ4v) is 2.19. The summed E-state index contributed by atoms with van der Waals surface area (Å²) in [5, 5.41) is 4.48. The SMILES string of the molecule is Nc1ccc2ccc(N3CCNCC3)nc2c1. The van der Waals surface area contributed by atoms with Crippen molar-refractivity contribution in [3.63, 3.8) is 0 Å². The van der Waals surface area contributed by atoms with Gasteiger partial charge in [0.25, 0.3) is 0 Å². The third kappa shape index (κ3) is 2.03. The number of fused-ring (bicyclic) bond motifs is 1. The summed E-state index contributed by atoms with van der Waals surface area (Å²) in [6.45, 7) is 4.08. The van der Waals surface area contributed by atoms with Crippen LogP contribution in [0.1, 0.15) is 0 Å². The minimum Gasteiger partial charge on any atom is -0.399 e. The topological polar surface area (TPSA) is 54.2 Å². The van der Waals surface area contributed by atoms with E-state index in [1.54, 1.807) is 0 Å². The van der Waals surface area contributed by atoms with Crippen molar-refractivity contribution in [2.75, 3.05) is 36.8 Å². The Labute approximate surface area is 100 Å². The van der Waals surface area contributed by atoms with Crippen LogP contribution in [0.15, 0.2) is 30.3 Å². The number of nitrogen functional groups attached to an aromatic ring is 1. The summed E-state index contributed by atoms with van der Waals surface area (Å²) in [4.78, 5) is 6.98.